The molecule has 0 aliphatic rings. The summed E-state index contributed by atoms with van der Waals surface area (Å²) in [4.78, 5) is 0. The lowest BCUT2D eigenvalue weighted by atomic mass is 10.7. The van der Waals surface area contributed by atoms with E-state index in [2.05, 4.69) is 0 Å². The zero-order valence-electron chi connectivity index (χ0n) is 5.78. The van der Waals surface area contributed by atoms with Crippen molar-refractivity contribution in [2.75, 3.05) is 0 Å². The van der Waals surface area contributed by atoms with Crippen LogP contribution in [0.3, 0.4) is 0 Å². The van der Waals surface area contributed by atoms with E-state index in [4.69, 9.17) is 0 Å². The zero-order chi connectivity index (χ0) is 12.2. The predicted molar refractivity (Wildman–Crippen MR) is 23.6 cm³/mol. The number of hydrogen-bond acceptors (Lipinski definition) is 0. The van der Waals surface area contributed by atoms with Gasteiger partial charge in [0.05, 0.1) is 0 Å². The van der Waals surface area contributed by atoms with Gasteiger partial charge in [0, 0.05) is 0 Å². The van der Waals surface area contributed by atoms with Gasteiger partial charge < -0.3 is 0 Å². The molecule has 86 valence electrons. The van der Waals surface area contributed by atoms with Gasteiger partial charge in [-0.15, -0.1) is 0 Å². The molecule has 0 saturated heterocycles. The SMILES string of the molecule is FC(F)(F)C(F)(F)F.FC(F)=C(F)F. The Morgan fingerprint density at radius 2 is 0.643 bits per heavy atom. The monoisotopic (exact) mass is 238 g/mol. The Labute approximate surface area is 69.8 Å². The van der Waals surface area contributed by atoms with Crippen LogP contribution in [0, 0.1) is 0 Å². The average molecular weight is 238 g/mol. The van der Waals surface area contributed by atoms with Gasteiger partial charge in [0.25, 0.3) is 0 Å². The summed E-state index contributed by atoms with van der Waals surface area (Å²) >= 11 is 0. The van der Waals surface area contributed by atoms with E-state index in [1.807, 2.05) is 0 Å². The van der Waals surface area contributed by atoms with E-state index in [1.165, 1.54) is 0 Å². The van der Waals surface area contributed by atoms with Crippen molar-refractivity contribution in [2.45, 2.75) is 12.4 Å². The Morgan fingerprint density at radius 1 is 0.500 bits per heavy atom. The second-order valence-corrected chi connectivity index (χ2v) is 1.52. The fourth-order valence-corrected chi connectivity index (χ4v) is 0. The molecule has 10 heteroatoms. The van der Waals surface area contributed by atoms with Crippen LogP contribution in [-0.4, -0.2) is 12.4 Å². The molecule has 0 aliphatic carbocycles. The highest BCUT2D eigenvalue weighted by Gasteiger charge is 2.58. The molecule has 0 aromatic carbocycles. The summed E-state index contributed by atoms with van der Waals surface area (Å²) in [6.07, 6.45) is -17.9. The van der Waals surface area contributed by atoms with E-state index >= 15 is 0 Å². The third-order valence-corrected chi connectivity index (χ3v) is 0.464. The van der Waals surface area contributed by atoms with Gasteiger partial charge in [0.1, 0.15) is 0 Å². The minimum absolute atomic E-state index is 2.91. The molecule has 0 amide bonds. The number of alkyl halides is 6. The van der Waals surface area contributed by atoms with Crippen molar-refractivity contribution in [2.24, 2.45) is 0 Å². The topological polar surface area (TPSA) is 0 Å². The first-order chi connectivity index (χ1) is 5.89. The molecule has 0 aromatic rings. The van der Waals surface area contributed by atoms with Gasteiger partial charge >= 0.3 is 24.5 Å². The summed E-state index contributed by atoms with van der Waals surface area (Å²) in [5.74, 6) is 0. The first kappa shape index (κ1) is 15.5. The van der Waals surface area contributed by atoms with Crippen LogP contribution in [0.25, 0.3) is 0 Å². The maximum absolute atomic E-state index is 10.4. The first-order valence-corrected chi connectivity index (χ1v) is 2.39. The third kappa shape index (κ3) is 7.68. The lowest BCUT2D eigenvalue weighted by molar-refractivity contribution is -0.339. The second-order valence-electron chi connectivity index (χ2n) is 1.52. The van der Waals surface area contributed by atoms with Crippen LogP contribution < -0.4 is 0 Å². The van der Waals surface area contributed by atoms with E-state index in [0.29, 0.717) is 0 Å². The Morgan fingerprint density at radius 3 is 0.643 bits per heavy atom. The molecule has 0 aliphatic heterocycles. The van der Waals surface area contributed by atoms with Gasteiger partial charge in [-0.3, -0.25) is 0 Å². The Balaban J connectivity index is 0. The molecule has 0 saturated carbocycles. The minimum atomic E-state index is -6.06. The van der Waals surface area contributed by atoms with Crippen LogP contribution in [0.15, 0.2) is 12.2 Å². The van der Waals surface area contributed by atoms with Crippen LogP contribution in [0.4, 0.5) is 43.9 Å². The molecule has 0 heterocycles. The normalized spacial score (nSPS) is 11.6. The van der Waals surface area contributed by atoms with Crippen LogP contribution in [0.5, 0.6) is 0 Å². The summed E-state index contributed by atoms with van der Waals surface area (Å²) < 4.78 is 104. The molecule has 14 heavy (non-hydrogen) atoms. The maximum atomic E-state index is 10.4. The van der Waals surface area contributed by atoms with Crippen molar-refractivity contribution in [3.8, 4) is 0 Å². The van der Waals surface area contributed by atoms with Crippen molar-refractivity contribution in [3.05, 3.63) is 12.2 Å². The molecule has 0 N–H and O–H groups in total. The fraction of sp³-hybridized carbons (Fsp3) is 0.500. The highest BCUT2D eigenvalue weighted by molar-refractivity contribution is 4.77. The van der Waals surface area contributed by atoms with E-state index in [0.717, 1.165) is 0 Å². The maximum Gasteiger partial charge on any atom is 0.487 e. The molecule has 0 bridgehead atoms. The summed E-state index contributed by atoms with van der Waals surface area (Å²) in [7, 11) is 0. The minimum Gasteiger partial charge on any atom is -0.167 e. The number of rotatable bonds is 0. The van der Waals surface area contributed by atoms with Crippen molar-refractivity contribution in [3.63, 3.8) is 0 Å². The van der Waals surface area contributed by atoms with Gasteiger partial charge in [0.2, 0.25) is 0 Å². The summed E-state index contributed by atoms with van der Waals surface area (Å²) in [5, 5.41) is 0. The highest BCUT2D eigenvalue weighted by Crippen LogP contribution is 2.35. The smallest absolute Gasteiger partial charge is 0.167 e. The predicted octanol–water partition coefficient (Wildman–Crippen LogP) is 4.10. The van der Waals surface area contributed by atoms with Crippen LogP contribution in [-0.2, 0) is 0 Å². The number of hydrogen-bond donors (Lipinski definition) is 0. The van der Waals surface area contributed by atoms with Crippen LogP contribution in [0.1, 0.15) is 0 Å². The lowest BCUT2D eigenvalue weighted by Gasteiger charge is -2.08. The van der Waals surface area contributed by atoms with Crippen molar-refractivity contribution >= 4 is 0 Å². The van der Waals surface area contributed by atoms with Crippen LogP contribution in [0.2, 0.25) is 0 Å². The zero-order valence-corrected chi connectivity index (χ0v) is 5.78. The molecule has 0 spiro atoms. The van der Waals surface area contributed by atoms with Gasteiger partial charge in [-0.05, 0) is 0 Å². The highest BCUT2D eigenvalue weighted by atomic mass is 19.5. The van der Waals surface area contributed by atoms with Gasteiger partial charge in [0.15, 0.2) is 0 Å². The van der Waals surface area contributed by atoms with Crippen molar-refractivity contribution in [1.82, 2.24) is 0 Å². The van der Waals surface area contributed by atoms with Gasteiger partial charge in [-0.1, -0.05) is 0 Å². The molecular formula is C4F10. The van der Waals surface area contributed by atoms with E-state index in [-0.39, 0.29) is 0 Å². The average Bonchev–Trinajstić information content (AvgIpc) is 1.83. The Kier molecular flexibility index (Phi) is 5.60. The summed E-state index contributed by atoms with van der Waals surface area (Å²) in [6, 6.07) is 0. The molecule has 0 aromatic heterocycles. The molecular weight excluding hydrogens is 238 g/mol. The molecule has 0 fully saturated rings. The Bertz CT molecular complexity index is 163. The summed E-state index contributed by atoms with van der Waals surface area (Å²) in [6.45, 7) is 0. The fourth-order valence-electron chi connectivity index (χ4n) is 0. The molecule has 0 radical (unpaired) electrons. The second kappa shape index (κ2) is 5.05. The Hall–Kier alpha value is -0.960. The first-order valence-electron chi connectivity index (χ1n) is 2.39. The van der Waals surface area contributed by atoms with E-state index < -0.39 is 24.5 Å². The summed E-state index contributed by atoms with van der Waals surface area (Å²) in [5.41, 5.74) is 0. The van der Waals surface area contributed by atoms with E-state index in [1.54, 1.807) is 0 Å². The molecule has 0 unspecified atom stereocenters. The molecule has 0 atom stereocenters. The van der Waals surface area contributed by atoms with Crippen molar-refractivity contribution in [1.29, 1.82) is 0 Å². The lowest BCUT2D eigenvalue weighted by Crippen LogP contribution is -2.30. The standard InChI is InChI=1S/C2F6.C2F4/c3-1(4,5)2(6,7)8;3-1(4)2(5)6. The van der Waals surface area contributed by atoms with Gasteiger partial charge in [-0.2, -0.15) is 43.9 Å². The molecule has 0 rings (SSSR count). The van der Waals surface area contributed by atoms with Gasteiger partial charge in [-0.25, -0.2) is 0 Å². The van der Waals surface area contributed by atoms with Crippen molar-refractivity contribution < 1.29 is 43.9 Å². The number of halogens is 10. The third-order valence-electron chi connectivity index (χ3n) is 0.464. The van der Waals surface area contributed by atoms with E-state index in [9.17, 15) is 43.9 Å². The van der Waals surface area contributed by atoms with Crippen LogP contribution >= 0.6 is 0 Å². The quantitative estimate of drug-likeness (QED) is 0.557. The largest absolute Gasteiger partial charge is 0.487 e. The molecule has 0 nitrogen and oxygen atoms in total.